The highest BCUT2D eigenvalue weighted by Crippen LogP contribution is 2.22. The van der Waals surface area contributed by atoms with Crippen molar-refractivity contribution in [1.29, 1.82) is 0 Å². The van der Waals surface area contributed by atoms with Crippen molar-refractivity contribution >= 4 is 21.6 Å². The first kappa shape index (κ1) is 25.9. The summed E-state index contributed by atoms with van der Waals surface area (Å²) in [5, 5.41) is 2.90. The van der Waals surface area contributed by atoms with E-state index >= 15 is 0 Å². The van der Waals surface area contributed by atoms with E-state index in [2.05, 4.69) is 27.1 Å². The smallest absolute Gasteiger partial charge is 0.262 e. The average molecular weight is 508 g/mol. The van der Waals surface area contributed by atoms with Gasteiger partial charge in [-0.2, -0.15) is 0 Å². The lowest BCUT2D eigenvalue weighted by atomic mass is 10.1. The Labute approximate surface area is 213 Å². The zero-order valence-corrected chi connectivity index (χ0v) is 21.8. The fourth-order valence-electron chi connectivity index (χ4n) is 4.34. The summed E-state index contributed by atoms with van der Waals surface area (Å²) in [7, 11) is -3.86. The molecule has 0 unspecified atom stereocenters. The monoisotopic (exact) mass is 507 g/mol. The predicted octanol–water partition coefficient (Wildman–Crippen LogP) is 4.17. The first-order chi connectivity index (χ1) is 17.2. The molecule has 1 aliphatic rings. The van der Waals surface area contributed by atoms with Gasteiger partial charge in [-0.1, -0.05) is 36.4 Å². The minimum Gasteiger partial charge on any atom is -0.379 e. The Kier molecular flexibility index (Phi) is 8.08. The van der Waals surface area contributed by atoms with Gasteiger partial charge in [-0.25, -0.2) is 8.42 Å². The van der Waals surface area contributed by atoms with E-state index in [1.165, 1.54) is 11.6 Å². The molecule has 0 saturated carbocycles. The van der Waals surface area contributed by atoms with Gasteiger partial charge in [0.25, 0.3) is 15.9 Å². The van der Waals surface area contributed by atoms with Gasteiger partial charge >= 0.3 is 0 Å². The van der Waals surface area contributed by atoms with Crippen molar-refractivity contribution in [1.82, 2.24) is 10.2 Å². The van der Waals surface area contributed by atoms with E-state index in [9.17, 15) is 13.2 Å². The number of ether oxygens (including phenoxy) is 1. The lowest BCUT2D eigenvalue weighted by Crippen LogP contribution is -2.35. The van der Waals surface area contributed by atoms with Crippen molar-refractivity contribution in [3.8, 4) is 0 Å². The summed E-state index contributed by atoms with van der Waals surface area (Å²) >= 11 is 0. The van der Waals surface area contributed by atoms with Crippen LogP contribution in [0.4, 0.5) is 5.69 Å². The number of sulfonamides is 1. The van der Waals surface area contributed by atoms with Crippen LogP contribution in [0.15, 0.2) is 65.6 Å². The Hall–Kier alpha value is -3.20. The van der Waals surface area contributed by atoms with E-state index in [1.54, 1.807) is 31.2 Å². The second kappa shape index (κ2) is 11.2. The Morgan fingerprint density at radius 3 is 2.19 bits per heavy atom. The molecule has 3 aromatic rings. The summed E-state index contributed by atoms with van der Waals surface area (Å²) < 4.78 is 34.3. The largest absolute Gasteiger partial charge is 0.379 e. The quantitative estimate of drug-likeness (QED) is 0.478. The molecule has 0 radical (unpaired) electrons. The maximum absolute atomic E-state index is 13.1. The fourth-order valence-corrected chi connectivity index (χ4v) is 5.65. The molecule has 1 heterocycles. The van der Waals surface area contributed by atoms with Crippen LogP contribution >= 0.6 is 0 Å². The minimum absolute atomic E-state index is 0.0850. The number of anilines is 1. The van der Waals surface area contributed by atoms with Crippen molar-refractivity contribution in [3.05, 3.63) is 94.0 Å². The number of carbonyl (C=O) groups excluding carboxylic acids is 1. The Morgan fingerprint density at radius 1 is 0.889 bits per heavy atom. The van der Waals surface area contributed by atoms with Gasteiger partial charge in [0, 0.05) is 37.4 Å². The molecule has 8 heteroatoms. The Balaban J connectivity index is 1.40. The maximum Gasteiger partial charge on any atom is 0.262 e. The lowest BCUT2D eigenvalue weighted by molar-refractivity contribution is 0.0342. The van der Waals surface area contributed by atoms with Crippen LogP contribution in [-0.2, 0) is 27.8 Å². The van der Waals surface area contributed by atoms with Crippen molar-refractivity contribution < 1.29 is 17.9 Å². The molecule has 0 aromatic heterocycles. The summed E-state index contributed by atoms with van der Waals surface area (Å²) in [6, 6.07) is 18.4. The van der Waals surface area contributed by atoms with Crippen LogP contribution in [0.5, 0.6) is 0 Å². The van der Waals surface area contributed by atoms with Gasteiger partial charge in [-0.3, -0.25) is 14.4 Å². The molecule has 36 heavy (non-hydrogen) atoms. The molecule has 0 bridgehead atoms. The lowest BCUT2D eigenvalue weighted by Gasteiger charge is -2.26. The van der Waals surface area contributed by atoms with Crippen LogP contribution < -0.4 is 10.0 Å². The van der Waals surface area contributed by atoms with E-state index in [0.29, 0.717) is 23.4 Å². The number of morpholine rings is 1. The molecular weight excluding hydrogens is 474 g/mol. The van der Waals surface area contributed by atoms with Crippen LogP contribution in [0.3, 0.4) is 0 Å². The Bertz CT molecular complexity index is 1310. The zero-order chi connectivity index (χ0) is 25.7. The topological polar surface area (TPSA) is 87.7 Å². The highest BCUT2D eigenvalue weighted by Gasteiger charge is 2.20. The molecular formula is C28H33N3O4S. The van der Waals surface area contributed by atoms with Crippen LogP contribution in [0.2, 0.25) is 0 Å². The maximum atomic E-state index is 13.1. The molecule has 190 valence electrons. The minimum atomic E-state index is -3.86. The van der Waals surface area contributed by atoms with E-state index in [1.807, 2.05) is 32.0 Å². The number of nitrogens with one attached hydrogen (secondary N) is 2. The number of nitrogens with zero attached hydrogens (tertiary/aromatic N) is 1. The van der Waals surface area contributed by atoms with Crippen LogP contribution in [0.1, 0.15) is 38.2 Å². The van der Waals surface area contributed by atoms with Gasteiger partial charge in [0.05, 0.1) is 18.1 Å². The Morgan fingerprint density at radius 2 is 1.53 bits per heavy atom. The molecule has 1 saturated heterocycles. The molecule has 1 amide bonds. The summed E-state index contributed by atoms with van der Waals surface area (Å²) in [5.74, 6) is -0.324. The third-order valence-electron chi connectivity index (χ3n) is 6.20. The molecule has 7 nitrogen and oxygen atoms in total. The third-order valence-corrected chi connectivity index (χ3v) is 7.72. The molecule has 0 aliphatic carbocycles. The first-order valence-electron chi connectivity index (χ1n) is 12.1. The van der Waals surface area contributed by atoms with E-state index in [4.69, 9.17) is 4.74 Å². The van der Waals surface area contributed by atoms with Crippen LogP contribution in [-0.4, -0.2) is 45.5 Å². The number of hydrogen-bond acceptors (Lipinski definition) is 5. The van der Waals surface area contributed by atoms with Gasteiger partial charge in [0.1, 0.15) is 0 Å². The molecule has 2 N–H and O–H groups in total. The molecule has 4 rings (SSSR count). The van der Waals surface area contributed by atoms with Crippen LogP contribution in [0, 0.1) is 20.8 Å². The molecule has 1 fully saturated rings. The molecule has 0 atom stereocenters. The molecule has 1 aliphatic heterocycles. The number of benzene rings is 3. The summed E-state index contributed by atoms with van der Waals surface area (Å²) in [6.07, 6.45) is 0. The van der Waals surface area contributed by atoms with E-state index < -0.39 is 10.0 Å². The number of hydrogen-bond donors (Lipinski definition) is 2. The second-order valence-electron chi connectivity index (χ2n) is 9.35. The molecule has 0 spiro atoms. The van der Waals surface area contributed by atoms with Gasteiger partial charge in [-0.05, 0) is 72.9 Å². The van der Waals surface area contributed by atoms with Gasteiger partial charge in [0.15, 0.2) is 0 Å². The van der Waals surface area contributed by atoms with Gasteiger partial charge in [0.2, 0.25) is 0 Å². The van der Waals surface area contributed by atoms with Gasteiger partial charge in [-0.15, -0.1) is 0 Å². The number of rotatable bonds is 8. The van der Waals surface area contributed by atoms with Crippen LogP contribution in [0.25, 0.3) is 0 Å². The van der Waals surface area contributed by atoms with Crippen molar-refractivity contribution in [3.63, 3.8) is 0 Å². The van der Waals surface area contributed by atoms with E-state index in [-0.39, 0.29) is 10.8 Å². The standard InChI is InChI=1S/C28H33N3O4S/c1-20-14-21(2)16-26(15-20)30-36(33,34)27-17-25(9-4-22(27)3)28(32)29-18-23-5-7-24(8-6-23)19-31-10-12-35-13-11-31/h4-9,14-17,30H,10-13,18-19H2,1-3H3,(H,29,32). The summed E-state index contributed by atoms with van der Waals surface area (Å²) in [5.41, 5.74) is 5.49. The zero-order valence-electron chi connectivity index (χ0n) is 21.0. The van der Waals surface area contributed by atoms with Crippen molar-refractivity contribution in [2.45, 2.75) is 38.8 Å². The predicted molar refractivity (Wildman–Crippen MR) is 142 cm³/mol. The van der Waals surface area contributed by atoms with E-state index in [0.717, 1.165) is 49.5 Å². The SMILES string of the molecule is Cc1cc(C)cc(NS(=O)(=O)c2cc(C(=O)NCc3ccc(CN4CCOCC4)cc3)ccc2C)c1. The first-order valence-corrected chi connectivity index (χ1v) is 13.6. The second-order valence-corrected chi connectivity index (χ2v) is 11.0. The van der Waals surface area contributed by atoms with Gasteiger partial charge < -0.3 is 10.1 Å². The summed E-state index contributed by atoms with van der Waals surface area (Å²) in [6.45, 7) is 10.2. The fraction of sp³-hybridized carbons (Fsp3) is 0.321. The average Bonchev–Trinajstić information content (AvgIpc) is 2.83. The highest BCUT2D eigenvalue weighted by molar-refractivity contribution is 7.92. The number of amides is 1. The van der Waals surface area contributed by atoms with Crippen molar-refractivity contribution in [2.24, 2.45) is 0 Å². The number of aryl methyl sites for hydroxylation is 3. The summed E-state index contributed by atoms with van der Waals surface area (Å²) in [4.78, 5) is 15.3. The van der Waals surface area contributed by atoms with Crippen molar-refractivity contribution in [2.75, 3.05) is 31.0 Å². The normalized spacial score (nSPS) is 14.4. The number of carbonyl (C=O) groups is 1. The molecule has 3 aromatic carbocycles. The highest BCUT2D eigenvalue weighted by atomic mass is 32.2. The third kappa shape index (κ3) is 6.72.